The predicted octanol–water partition coefficient (Wildman–Crippen LogP) is 3.05. The number of hydrogen-bond donors (Lipinski definition) is 1. The Labute approximate surface area is 144 Å². The second kappa shape index (κ2) is 6.92. The highest BCUT2D eigenvalue weighted by atomic mass is 32.2. The van der Waals surface area contributed by atoms with Crippen molar-refractivity contribution >= 4 is 23.4 Å². The van der Waals surface area contributed by atoms with E-state index in [1.54, 1.807) is 0 Å². The van der Waals surface area contributed by atoms with Crippen molar-refractivity contribution in [1.29, 1.82) is 0 Å². The van der Waals surface area contributed by atoms with Crippen LogP contribution in [0.5, 0.6) is 0 Å². The third-order valence-corrected chi connectivity index (χ3v) is 4.72. The summed E-state index contributed by atoms with van der Waals surface area (Å²) in [7, 11) is 0. The number of hydrogen-bond acceptors (Lipinski definition) is 4. The highest BCUT2D eigenvalue weighted by Crippen LogP contribution is 2.20. The van der Waals surface area contributed by atoms with Gasteiger partial charge in [0.2, 0.25) is 11.1 Å². The molecule has 0 saturated heterocycles. The molecule has 2 aromatic heterocycles. The summed E-state index contributed by atoms with van der Waals surface area (Å²) in [4.78, 5) is 12.3. The van der Waals surface area contributed by atoms with E-state index in [-0.39, 0.29) is 11.7 Å². The second-order valence-electron chi connectivity index (χ2n) is 5.49. The number of aryl methyl sites for hydroxylation is 2. The first-order chi connectivity index (χ1) is 11.6. The Bertz CT molecular complexity index is 854. The Kier molecular flexibility index (Phi) is 4.71. The minimum Gasteiger partial charge on any atom is -0.325 e. The molecule has 0 radical (unpaired) electrons. The summed E-state index contributed by atoms with van der Waals surface area (Å²) < 4.78 is 3.76. The Balaban J connectivity index is 1.68. The number of nitrogens with one attached hydrogen (secondary N) is 1. The van der Waals surface area contributed by atoms with Gasteiger partial charge in [-0.2, -0.15) is 0 Å². The Morgan fingerprint density at radius 2 is 1.88 bits per heavy atom. The third kappa shape index (κ3) is 3.35. The number of carbonyl (C=O) groups excluding carboxylic acids is 1. The van der Waals surface area contributed by atoms with Crippen molar-refractivity contribution in [3.8, 4) is 0 Å². The first kappa shape index (κ1) is 16.3. The lowest BCUT2D eigenvalue weighted by Gasteiger charge is -2.11. The van der Waals surface area contributed by atoms with Crippen LogP contribution >= 0.6 is 11.8 Å². The second-order valence-corrected chi connectivity index (χ2v) is 6.43. The van der Waals surface area contributed by atoms with E-state index in [1.807, 2.05) is 72.8 Å². The van der Waals surface area contributed by atoms with Crippen molar-refractivity contribution in [2.24, 2.45) is 0 Å². The van der Waals surface area contributed by atoms with Gasteiger partial charge in [-0.25, -0.2) is 4.68 Å². The molecule has 0 aliphatic rings. The molecule has 0 saturated carbocycles. The van der Waals surface area contributed by atoms with Crippen LogP contribution in [-0.4, -0.2) is 31.2 Å². The van der Waals surface area contributed by atoms with Gasteiger partial charge in [-0.15, -0.1) is 10.2 Å². The number of carbonyl (C=O) groups is 1. The van der Waals surface area contributed by atoms with Crippen LogP contribution in [0.2, 0.25) is 0 Å². The Hall–Kier alpha value is -2.54. The van der Waals surface area contributed by atoms with Crippen LogP contribution in [0.4, 0.5) is 5.69 Å². The van der Waals surface area contributed by atoms with Gasteiger partial charge in [0.05, 0.1) is 5.75 Å². The fourth-order valence-corrected chi connectivity index (χ4v) is 3.14. The zero-order chi connectivity index (χ0) is 17.1. The lowest BCUT2D eigenvalue weighted by Crippen LogP contribution is -2.16. The first-order valence-electron chi connectivity index (χ1n) is 7.61. The Morgan fingerprint density at radius 1 is 1.12 bits per heavy atom. The number of aromatic nitrogens is 4. The average Bonchev–Trinajstić information content (AvgIpc) is 3.19. The average molecular weight is 341 g/mol. The van der Waals surface area contributed by atoms with Gasteiger partial charge in [0, 0.05) is 18.1 Å². The smallest absolute Gasteiger partial charge is 0.234 e. The molecule has 7 heteroatoms. The molecular weight excluding hydrogens is 322 g/mol. The van der Waals surface area contributed by atoms with E-state index in [0.29, 0.717) is 5.16 Å². The maximum Gasteiger partial charge on any atom is 0.234 e. The SMILES string of the molecule is Cc1cccc(NC(=O)CSc2nnc(C)n2-n2cccc2)c1C. The lowest BCUT2D eigenvalue weighted by molar-refractivity contribution is -0.113. The standard InChI is InChI=1S/C17H19N5OS/c1-12-7-6-8-15(13(12)2)18-16(23)11-24-17-20-19-14(3)22(17)21-9-4-5-10-21/h4-10H,11H2,1-3H3,(H,18,23). The molecule has 0 unspecified atom stereocenters. The normalized spacial score (nSPS) is 10.8. The lowest BCUT2D eigenvalue weighted by atomic mass is 10.1. The fourth-order valence-electron chi connectivity index (χ4n) is 2.36. The van der Waals surface area contributed by atoms with Crippen LogP contribution in [0, 0.1) is 20.8 Å². The van der Waals surface area contributed by atoms with Gasteiger partial charge >= 0.3 is 0 Å². The van der Waals surface area contributed by atoms with Crippen LogP contribution in [0.1, 0.15) is 17.0 Å². The minimum atomic E-state index is -0.0617. The molecule has 0 fully saturated rings. The van der Waals surface area contributed by atoms with E-state index in [1.165, 1.54) is 11.8 Å². The van der Waals surface area contributed by atoms with Gasteiger partial charge in [0.1, 0.15) is 0 Å². The molecule has 1 aromatic carbocycles. The molecule has 6 nitrogen and oxygen atoms in total. The summed E-state index contributed by atoms with van der Waals surface area (Å²) >= 11 is 1.36. The number of amides is 1. The molecular formula is C17H19N5OS. The first-order valence-corrected chi connectivity index (χ1v) is 8.59. The number of rotatable bonds is 5. The fraction of sp³-hybridized carbons (Fsp3) is 0.235. The number of thioether (sulfide) groups is 1. The molecule has 3 aromatic rings. The van der Waals surface area contributed by atoms with Crippen molar-refractivity contribution in [3.05, 3.63) is 59.7 Å². The van der Waals surface area contributed by atoms with Gasteiger partial charge < -0.3 is 5.32 Å². The molecule has 0 aliphatic carbocycles. The molecule has 0 aliphatic heterocycles. The highest BCUT2D eigenvalue weighted by molar-refractivity contribution is 7.99. The molecule has 24 heavy (non-hydrogen) atoms. The molecule has 0 bridgehead atoms. The monoisotopic (exact) mass is 341 g/mol. The van der Waals surface area contributed by atoms with E-state index >= 15 is 0 Å². The van der Waals surface area contributed by atoms with E-state index in [4.69, 9.17) is 0 Å². The number of benzene rings is 1. The summed E-state index contributed by atoms with van der Waals surface area (Å²) in [5, 5.41) is 11.9. The van der Waals surface area contributed by atoms with Crippen LogP contribution < -0.4 is 5.32 Å². The molecule has 1 amide bonds. The predicted molar refractivity (Wildman–Crippen MR) is 95.3 cm³/mol. The van der Waals surface area contributed by atoms with Crippen molar-refractivity contribution in [2.75, 3.05) is 11.1 Å². The van der Waals surface area contributed by atoms with Crippen LogP contribution in [0.15, 0.2) is 47.9 Å². The quantitative estimate of drug-likeness (QED) is 0.725. The topological polar surface area (TPSA) is 64.7 Å². The van der Waals surface area contributed by atoms with Crippen molar-refractivity contribution < 1.29 is 4.79 Å². The molecule has 124 valence electrons. The van der Waals surface area contributed by atoms with E-state index in [2.05, 4.69) is 15.5 Å². The van der Waals surface area contributed by atoms with Gasteiger partial charge in [-0.05, 0) is 50.1 Å². The van der Waals surface area contributed by atoms with Gasteiger partial charge in [-0.3, -0.25) is 9.47 Å². The molecule has 1 N–H and O–H groups in total. The number of anilines is 1. The maximum atomic E-state index is 12.3. The summed E-state index contributed by atoms with van der Waals surface area (Å²) in [5.74, 6) is 0.976. The van der Waals surface area contributed by atoms with Crippen LogP contribution in [-0.2, 0) is 4.79 Å². The minimum absolute atomic E-state index is 0.0617. The number of nitrogens with zero attached hydrogens (tertiary/aromatic N) is 4. The zero-order valence-corrected chi connectivity index (χ0v) is 14.7. The van der Waals surface area contributed by atoms with Crippen molar-refractivity contribution in [3.63, 3.8) is 0 Å². The summed E-state index contributed by atoms with van der Waals surface area (Å²) in [6, 6.07) is 9.75. The third-order valence-electron chi connectivity index (χ3n) is 3.80. The van der Waals surface area contributed by atoms with Crippen molar-refractivity contribution in [2.45, 2.75) is 25.9 Å². The van der Waals surface area contributed by atoms with E-state index in [0.717, 1.165) is 22.6 Å². The van der Waals surface area contributed by atoms with Gasteiger partial charge in [0.15, 0.2) is 5.82 Å². The van der Waals surface area contributed by atoms with Crippen molar-refractivity contribution in [1.82, 2.24) is 19.5 Å². The Morgan fingerprint density at radius 3 is 2.62 bits per heavy atom. The van der Waals surface area contributed by atoms with Gasteiger partial charge in [-0.1, -0.05) is 23.9 Å². The van der Waals surface area contributed by atoms with E-state index < -0.39 is 0 Å². The van der Waals surface area contributed by atoms with Crippen LogP contribution in [0.3, 0.4) is 0 Å². The van der Waals surface area contributed by atoms with Gasteiger partial charge in [0.25, 0.3) is 0 Å². The highest BCUT2D eigenvalue weighted by Gasteiger charge is 2.13. The summed E-state index contributed by atoms with van der Waals surface area (Å²) in [5.41, 5.74) is 3.09. The molecule has 2 heterocycles. The molecule has 0 spiro atoms. The molecule has 0 atom stereocenters. The van der Waals surface area contributed by atoms with Crippen LogP contribution in [0.25, 0.3) is 0 Å². The largest absolute Gasteiger partial charge is 0.325 e. The zero-order valence-electron chi connectivity index (χ0n) is 13.9. The maximum absolute atomic E-state index is 12.3. The molecule has 3 rings (SSSR count). The summed E-state index contributed by atoms with van der Waals surface area (Å²) in [6.07, 6.45) is 3.83. The summed E-state index contributed by atoms with van der Waals surface area (Å²) in [6.45, 7) is 5.92. The van der Waals surface area contributed by atoms with E-state index in [9.17, 15) is 4.79 Å².